The lowest BCUT2D eigenvalue weighted by Crippen LogP contribution is -2.37. The second kappa shape index (κ2) is 5.54. The maximum atomic E-state index is 13.5. The maximum absolute atomic E-state index is 13.5. The highest BCUT2D eigenvalue weighted by Crippen LogP contribution is 2.19. The molecule has 0 radical (unpaired) electrons. The molecule has 0 saturated heterocycles. The first-order valence-corrected chi connectivity index (χ1v) is 6.87. The van der Waals surface area contributed by atoms with E-state index in [1.807, 2.05) is 4.72 Å². The lowest BCUT2D eigenvalue weighted by molar-refractivity contribution is 0.0697. The van der Waals surface area contributed by atoms with Crippen LogP contribution in [0.2, 0.25) is 0 Å². The minimum absolute atomic E-state index is 0.202. The van der Waals surface area contributed by atoms with Gasteiger partial charge in [-0.1, -0.05) is 0 Å². The number of nitrogens with zero attached hydrogens (tertiary/aromatic N) is 1. The molecule has 6 nitrogen and oxygen atoms in total. The van der Waals surface area contributed by atoms with Crippen molar-refractivity contribution >= 4 is 21.9 Å². The molecule has 1 aromatic carbocycles. The molecule has 0 amide bonds. The number of halogens is 1. The van der Waals surface area contributed by atoms with Crippen LogP contribution in [0.1, 0.15) is 24.2 Å². The van der Waals surface area contributed by atoms with Crippen LogP contribution in [0.4, 0.5) is 10.1 Å². The Labute approximate surface area is 111 Å². The van der Waals surface area contributed by atoms with Crippen LogP contribution in [0, 0.1) is 5.82 Å². The van der Waals surface area contributed by atoms with Crippen molar-refractivity contribution in [3.8, 4) is 0 Å². The normalized spacial score (nSPS) is 11.9. The average molecular weight is 290 g/mol. The second-order valence-electron chi connectivity index (χ2n) is 4.22. The number of carboxylic acid groups (broad SMARTS) is 1. The standard InChI is InChI=1S/C11H15FN2O4S/c1-7(2)14(3)19(17,18)13-10-6-8(11(15)16)4-5-9(10)12/h4-7,13H,1-3H3,(H,15,16). The van der Waals surface area contributed by atoms with E-state index < -0.39 is 27.7 Å². The summed E-state index contributed by atoms with van der Waals surface area (Å²) in [6.45, 7) is 3.31. The van der Waals surface area contributed by atoms with Gasteiger partial charge in [-0.05, 0) is 32.0 Å². The number of aromatic carboxylic acids is 1. The Bertz CT molecular complexity index is 586. The molecule has 0 unspecified atom stereocenters. The van der Waals surface area contributed by atoms with Crippen molar-refractivity contribution in [2.45, 2.75) is 19.9 Å². The number of rotatable bonds is 5. The molecule has 0 aliphatic rings. The summed E-state index contributed by atoms with van der Waals surface area (Å²) in [6.07, 6.45) is 0. The number of nitrogens with one attached hydrogen (secondary N) is 1. The average Bonchev–Trinajstić information content (AvgIpc) is 2.30. The molecule has 1 rings (SSSR count). The number of carboxylic acids is 1. The Kier molecular flexibility index (Phi) is 4.48. The zero-order chi connectivity index (χ0) is 14.8. The van der Waals surface area contributed by atoms with E-state index in [1.54, 1.807) is 13.8 Å². The van der Waals surface area contributed by atoms with Gasteiger partial charge in [0.1, 0.15) is 5.82 Å². The number of hydrogen-bond donors (Lipinski definition) is 2. The molecule has 19 heavy (non-hydrogen) atoms. The zero-order valence-electron chi connectivity index (χ0n) is 10.7. The van der Waals surface area contributed by atoms with Crippen molar-refractivity contribution in [1.29, 1.82) is 0 Å². The van der Waals surface area contributed by atoms with Gasteiger partial charge < -0.3 is 5.11 Å². The summed E-state index contributed by atoms with van der Waals surface area (Å²) >= 11 is 0. The van der Waals surface area contributed by atoms with Gasteiger partial charge >= 0.3 is 16.2 Å². The molecule has 2 N–H and O–H groups in total. The van der Waals surface area contributed by atoms with Gasteiger partial charge in [0.05, 0.1) is 11.3 Å². The van der Waals surface area contributed by atoms with Gasteiger partial charge in [-0.15, -0.1) is 0 Å². The molecule has 0 aliphatic heterocycles. The molecule has 0 fully saturated rings. The van der Waals surface area contributed by atoms with Crippen molar-refractivity contribution in [2.24, 2.45) is 0 Å². The van der Waals surface area contributed by atoms with E-state index in [9.17, 15) is 17.6 Å². The van der Waals surface area contributed by atoms with Gasteiger partial charge in [0.25, 0.3) is 0 Å². The Morgan fingerprint density at radius 1 is 1.42 bits per heavy atom. The minimum atomic E-state index is -3.93. The summed E-state index contributed by atoms with van der Waals surface area (Å²) in [6, 6.07) is 2.57. The highest BCUT2D eigenvalue weighted by molar-refractivity contribution is 7.90. The molecular weight excluding hydrogens is 275 g/mol. The first kappa shape index (κ1) is 15.4. The molecule has 0 bridgehead atoms. The van der Waals surface area contributed by atoms with Crippen molar-refractivity contribution in [3.63, 3.8) is 0 Å². The van der Waals surface area contributed by atoms with Gasteiger partial charge in [-0.25, -0.2) is 9.18 Å². The third kappa shape index (κ3) is 3.65. The molecule has 0 aromatic heterocycles. The molecular formula is C11H15FN2O4S. The number of anilines is 1. The summed E-state index contributed by atoms with van der Waals surface area (Å²) in [4.78, 5) is 10.8. The molecule has 106 valence electrons. The first-order valence-electron chi connectivity index (χ1n) is 5.43. The topological polar surface area (TPSA) is 86.7 Å². The first-order chi connectivity index (χ1) is 8.65. The van der Waals surface area contributed by atoms with Crippen LogP contribution in [0.15, 0.2) is 18.2 Å². The Hall–Kier alpha value is -1.67. The Morgan fingerprint density at radius 3 is 2.47 bits per heavy atom. The predicted octanol–water partition coefficient (Wildman–Crippen LogP) is 1.52. The summed E-state index contributed by atoms with van der Waals surface area (Å²) in [5, 5.41) is 8.79. The van der Waals surface area contributed by atoms with Crippen molar-refractivity contribution in [3.05, 3.63) is 29.6 Å². The van der Waals surface area contributed by atoms with Crippen molar-refractivity contribution < 1.29 is 22.7 Å². The monoisotopic (exact) mass is 290 g/mol. The number of benzene rings is 1. The van der Waals surface area contributed by atoms with E-state index in [0.29, 0.717) is 0 Å². The van der Waals surface area contributed by atoms with Gasteiger partial charge in [0.2, 0.25) is 0 Å². The third-order valence-corrected chi connectivity index (χ3v) is 4.22. The van der Waals surface area contributed by atoms with Crippen molar-refractivity contribution in [1.82, 2.24) is 4.31 Å². The SMILES string of the molecule is CC(C)N(C)S(=O)(=O)Nc1cc(C(=O)O)ccc1F. The zero-order valence-corrected chi connectivity index (χ0v) is 11.5. The summed E-state index contributed by atoms with van der Waals surface area (Å²) in [7, 11) is -2.59. The lowest BCUT2D eigenvalue weighted by atomic mass is 10.2. The molecule has 1 aromatic rings. The summed E-state index contributed by atoms with van der Waals surface area (Å²) in [5.41, 5.74) is -0.598. The maximum Gasteiger partial charge on any atom is 0.335 e. The molecule has 0 saturated carbocycles. The third-order valence-electron chi connectivity index (χ3n) is 2.56. The van der Waals surface area contributed by atoms with E-state index in [1.165, 1.54) is 7.05 Å². The molecule has 8 heteroatoms. The van der Waals surface area contributed by atoms with Crippen LogP contribution in [-0.4, -0.2) is 36.9 Å². The summed E-state index contributed by atoms with van der Waals surface area (Å²) < 4.78 is 40.3. The van der Waals surface area contributed by atoms with Crippen LogP contribution in [0.3, 0.4) is 0 Å². The van der Waals surface area contributed by atoms with Crippen LogP contribution in [-0.2, 0) is 10.2 Å². The minimum Gasteiger partial charge on any atom is -0.478 e. The number of hydrogen-bond acceptors (Lipinski definition) is 3. The van der Waals surface area contributed by atoms with Gasteiger partial charge in [-0.2, -0.15) is 12.7 Å². The van der Waals surface area contributed by atoms with Gasteiger partial charge in [-0.3, -0.25) is 4.72 Å². The molecule has 0 aliphatic carbocycles. The summed E-state index contributed by atoms with van der Waals surface area (Å²) in [5.74, 6) is -2.11. The Morgan fingerprint density at radius 2 is 2.00 bits per heavy atom. The van der Waals surface area contributed by atoms with E-state index in [4.69, 9.17) is 5.11 Å². The van der Waals surface area contributed by atoms with E-state index in [-0.39, 0.29) is 11.6 Å². The highest BCUT2D eigenvalue weighted by atomic mass is 32.2. The Balaban J connectivity index is 3.12. The van der Waals surface area contributed by atoms with Crippen molar-refractivity contribution in [2.75, 3.05) is 11.8 Å². The quantitative estimate of drug-likeness (QED) is 0.860. The predicted molar refractivity (Wildman–Crippen MR) is 68.8 cm³/mol. The van der Waals surface area contributed by atoms with Crippen LogP contribution >= 0.6 is 0 Å². The van der Waals surface area contributed by atoms with E-state index in [2.05, 4.69) is 0 Å². The second-order valence-corrected chi connectivity index (χ2v) is 5.95. The fourth-order valence-electron chi connectivity index (χ4n) is 1.23. The molecule has 0 atom stereocenters. The molecule has 0 spiro atoms. The van der Waals surface area contributed by atoms with Crippen LogP contribution in [0.5, 0.6) is 0 Å². The lowest BCUT2D eigenvalue weighted by Gasteiger charge is -2.21. The van der Waals surface area contributed by atoms with Gasteiger partial charge in [0.15, 0.2) is 0 Å². The number of carbonyl (C=O) groups is 1. The van der Waals surface area contributed by atoms with E-state index >= 15 is 0 Å². The fraction of sp³-hybridized carbons (Fsp3) is 0.364. The molecule has 0 heterocycles. The smallest absolute Gasteiger partial charge is 0.335 e. The van der Waals surface area contributed by atoms with E-state index in [0.717, 1.165) is 22.5 Å². The fourth-order valence-corrected chi connectivity index (χ4v) is 2.36. The van der Waals surface area contributed by atoms with Crippen LogP contribution < -0.4 is 4.72 Å². The van der Waals surface area contributed by atoms with Crippen LogP contribution in [0.25, 0.3) is 0 Å². The highest BCUT2D eigenvalue weighted by Gasteiger charge is 2.22. The van der Waals surface area contributed by atoms with Gasteiger partial charge in [0, 0.05) is 13.1 Å². The largest absolute Gasteiger partial charge is 0.478 e.